The van der Waals surface area contributed by atoms with Crippen molar-refractivity contribution in [2.75, 3.05) is 0 Å². The molecule has 0 amide bonds. The van der Waals surface area contributed by atoms with Crippen molar-refractivity contribution in [1.29, 1.82) is 0 Å². The van der Waals surface area contributed by atoms with Crippen LogP contribution in [0, 0.1) is 0 Å². The molecule has 0 saturated carbocycles. The molecule has 19 heavy (non-hydrogen) atoms. The average Bonchev–Trinajstić information content (AvgIpc) is 2.94. The molecule has 1 nitrogen and oxygen atoms in total. The van der Waals surface area contributed by atoms with Crippen LogP contribution in [0.1, 0.15) is 46.3 Å². The molecule has 0 aromatic heterocycles. The summed E-state index contributed by atoms with van der Waals surface area (Å²) in [6, 6.07) is 16.2. The summed E-state index contributed by atoms with van der Waals surface area (Å²) in [6.07, 6.45) is 3.51. The maximum absolute atomic E-state index is 12.5. The van der Waals surface area contributed by atoms with Crippen molar-refractivity contribution in [3.63, 3.8) is 0 Å². The van der Waals surface area contributed by atoms with E-state index in [1.807, 2.05) is 43.3 Å². The summed E-state index contributed by atoms with van der Waals surface area (Å²) >= 11 is 0. The molecule has 96 valence electrons. The molecule has 0 N–H and O–H groups in total. The van der Waals surface area contributed by atoms with Crippen LogP contribution in [0.4, 0.5) is 0 Å². The molecule has 1 heteroatoms. The smallest absolute Gasteiger partial charge is 0.170 e. The van der Waals surface area contributed by atoms with Gasteiger partial charge in [0.25, 0.3) is 0 Å². The van der Waals surface area contributed by atoms with E-state index in [4.69, 9.17) is 0 Å². The summed E-state index contributed by atoms with van der Waals surface area (Å²) < 4.78 is 0. The van der Waals surface area contributed by atoms with E-state index < -0.39 is 0 Å². The molecule has 0 spiro atoms. The molecule has 0 bridgehead atoms. The van der Waals surface area contributed by atoms with Crippen LogP contribution in [-0.2, 0) is 12.8 Å². The Hall–Kier alpha value is -1.89. The SMILES string of the molecule is CC(C(=O)c1ccc2c(c1)CCC2)c1ccccc1. The molecule has 1 aliphatic rings. The molecule has 0 aliphatic heterocycles. The zero-order chi connectivity index (χ0) is 13.2. The van der Waals surface area contributed by atoms with Gasteiger partial charge < -0.3 is 0 Å². The normalized spacial score (nSPS) is 15.0. The number of hydrogen-bond acceptors (Lipinski definition) is 1. The Morgan fingerprint density at radius 1 is 1.00 bits per heavy atom. The minimum atomic E-state index is -0.0688. The number of aryl methyl sites for hydroxylation is 2. The number of ketones is 1. The van der Waals surface area contributed by atoms with Crippen molar-refractivity contribution in [1.82, 2.24) is 0 Å². The van der Waals surface area contributed by atoms with Crippen LogP contribution in [0.25, 0.3) is 0 Å². The number of carbonyl (C=O) groups excluding carboxylic acids is 1. The van der Waals surface area contributed by atoms with Crippen molar-refractivity contribution >= 4 is 5.78 Å². The summed E-state index contributed by atoms with van der Waals surface area (Å²) in [7, 11) is 0. The minimum Gasteiger partial charge on any atom is -0.294 e. The topological polar surface area (TPSA) is 17.1 Å². The highest BCUT2D eigenvalue weighted by Crippen LogP contribution is 2.26. The van der Waals surface area contributed by atoms with E-state index in [2.05, 4.69) is 12.1 Å². The molecule has 0 fully saturated rings. The van der Waals surface area contributed by atoms with Crippen molar-refractivity contribution < 1.29 is 4.79 Å². The Kier molecular flexibility index (Phi) is 3.20. The van der Waals surface area contributed by atoms with E-state index in [1.165, 1.54) is 17.5 Å². The third-order valence-electron chi connectivity index (χ3n) is 4.08. The zero-order valence-electron chi connectivity index (χ0n) is 11.2. The monoisotopic (exact) mass is 250 g/mol. The Morgan fingerprint density at radius 3 is 2.53 bits per heavy atom. The second kappa shape index (κ2) is 5.00. The first-order chi connectivity index (χ1) is 9.25. The summed E-state index contributed by atoms with van der Waals surface area (Å²) in [5, 5.41) is 0. The molecule has 3 rings (SSSR count). The van der Waals surface area contributed by atoms with Crippen molar-refractivity contribution in [2.45, 2.75) is 32.1 Å². The third-order valence-corrected chi connectivity index (χ3v) is 4.08. The van der Waals surface area contributed by atoms with Crippen LogP contribution < -0.4 is 0 Å². The van der Waals surface area contributed by atoms with Gasteiger partial charge in [-0.2, -0.15) is 0 Å². The van der Waals surface area contributed by atoms with E-state index in [0.717, 1.165) is 24.0 Å². The van der Waals surface area contributed by atoms with Gasteiger partial charge in [-0.1, -0.05) is 49.4 Å². The van der Waals surface area contributed by atoms with Gasteiger partial charge in [-0.25, -0.2) is 0 Å². The molecule has 2 aromatic carbocycles. The summed E-state index contributed by atoms with van der Waals surface area (Å²) in [6.45, 7) is 1.99. The van der Waals surface area contributed by atoms with Crippen LogP contribution in [0.5, 0.6) is 0 Å². The zero-order valence-corrected chi connectivity index (χ0v) is 11.2. The molecule has 0 saturated heterocycles. The van der Waals surface area contributed by atoms with Crippen molar-refractivity contribution in [3.8, 4) is 0 Å². The maximum atomic E-state index is 12.5. The molecule has 1 atom stereocenters. The van der Waals surface area contributed by atoms with E-state index in [0.29, 0.717) is 0 Å². The average molecular weight is 250 g/mol. The number of Topliss-reactive ketones (excluding diaryl/α,β-unsaturated/α-hetero) is 1. The van der Waals surface area contributed by atoms with Gasteiger partial charge in [0.1, 0.15) is 0 Å². The fourth-order valence-electron chi connectivity index (χ4n) is 2.87. The maximum Gasteiger partial charge on any atom is 0.170 e. The van der Waals surface area contributed by atoms with Crippen molar-refractivity contribution in [3.05, 3.63) is 70.8 Å². The fraction of sp³-hybridized carbons (Fsp3) is 0.278. The van der Waals surface area contributed by atoms with E-state index in [-0.39, 0.29) is 11.7 Å². The predicted octanol–water partition coefficient (Wildman–Crippen LogP) is 4.16. The molecular weight excluding hydrogens is 232 g/mol. The highest BCUT2D eigenvalue weighted by atomic mass is 16.1. The molecule has 1 aliphatic carbocycles. The Morgan fingerprint density at radius 2 is 1.74 bits per heavy atom. The van der Waals surface area contributed by atoms with Gasteiger partial charge in [0.2, 0.25) is 0 Å². The Bertz CT molecular complexity index is 598. The first kappa shape index (κ1) is 12.2. The van der Waals surface area contributed by atoms with Crippen LogP contribution in [0.2, 0.25) is 0 Å². The Labute approximate surface area is 114 Å². The van der Waals surface area contributed by atoms with E-state index in [1.54, 1.807) is 0 Å². The highest BCUT2D eigenvalue weighted by Gasteiger charge is 2.19. The lowest BCUT2D eigenvalue weighted by Gasteiger charge is -2.12. The van der Waals surface area contributed by atoms with Gasteiger partial charge in [-0.05, 0) is 42.0 Å². The first-order valence-corrected chi connectivity index (χ1v) is 6.96. The van der Waals surface area contributed by atoms with Gasteiger partial charge in [0.05, 0.1) is 0 Å². The summed E-state index contributed by atoms with van der Waals surface area (Å²) in [5.41, 5.74) is 4.74. The fourth-order valence-corrected chi connectivity index (χ4v) is 2.87. The Balaban J connectivity index is 1.88. The lowest BCUT2D eigenvalue weighted by molar-refractivity contribution is 0.0966. The van der Waals surface area contributed by atoms with Crippen molar-refractivity contribution in [2.24, 2.45) is 0 Å². The molecule has 1 unspecified atom stereocenters. The van der Waals surface area contributed by atoms with Crippen LogP contribution in [0.15, 0.2) is 48.5 Å². The lowest BCUT2D eigenvalue weighted by atomic mass is 9.91. The summed E-state index contributed by atoms with van der Waals surface area (Å²) in [4.78, 5) is 12.5. The third kappa shape index (κ3) is 2.33. The van der Waals surface area contributed by atoms with E-state index >= 15 is 0 Å². The number of hydrogen-bond donors (Lipinski definition) is 0. The highest BCUT2D eigenvalue weighted by molar-refractivity contribution is 6.00. The van der Waals surface area contributed by atoms with Gasteiger partial charge in [0, 0.05) is 11.5 Å². The van der Waals surface area contributed by atoms with Gasteiger partial charge in [-0.3, -0.25) is 4.79 Å². The number of carbonyl (C=O) groups is 1. The second-order valence-corrected chi connectivity index (χ2v) is 5.33. The quantitative estimate of drug-likeness (QED) is 0.747. The van der Waals surface area contributed by atoms with Gasteiger partial charge in [0.15, 0.2) is 5.78 Å². The molecule has 2 aromatic rings. The molecular formula is C18H18O. The minimum absolute atomic E-state index is 0.0688. The number of benzene rings is 2. The second-order valence-electron chi connectivity index (χ2n) is 5.33. The van der Waals surface area contributed by atoms with E-state index in [9.17, 15) is 4.79 Å². The lowest BCUT2D eigenvalue weighted by Crippen LogP contribution is -2.10. The molecule has 0 radical (unpaired) electrons. The number of rotatable bonds is 3. The largest absolute Gasteiger partial charge is 0.294 e. The van der Waals surface area contributed by atoms with Crippen LogP contribution >= 0.6 is 0 Å². The number of fused-ring (bicyclic) bond motifs is 1. The van der Waals surface area contributed by atoms with Crippen LogP contribution in [-0.4, -0.2) is 5.78 Å². The summed E-state index contributed by atoms with van der Waals surface area (Å²) in [5.74, 6) is 0.154. The first-order valence-electron chi connectivity index (χ1n) is 6.96. The standard InChI is InChI=1S/C18H18O/c1-13(14-6-3-2-4-7-14)18(19)17-11-10-15-8-5-9-16(15)12-17/h2-4,6-7,10-13H,5,8-9H2,1H3. The van der Waals surface area contributed by atoms with Gasteiger partial charge >= 0.3 is 0 Å². The van der Waals surface area contributed by atoms with Crippen LogP contribution in [0.3, 0.4) is 0 Å². The van der Waals surface area contributed by atoms with Gasteiger partial charge in [-0.15, -0.1) is 0 Å². The predicted molar refractivity (Wildman–Crippen MR) is 77.7 cm³/mol. The molecule has 0 heterocycles.